The summed E-state index contributed by atoms with van der Waals surface area (Å²) in [5.41, 5.74) is 0.740. The SMILES string of the molecule is Fc1cc(Nc2nc3cccc(Cl)c3s2)c(F)cc1Br. The van der Waals surface area contributed by atoms with Gasteiger partial charge in [0.05, 0.1) is 25.4 Å². The van der Waals surface area contributed by atoms with Crippen molar-refractivity contribution in [1.82, 2.24) is 4.98 Å². The second-order valence-corrected chi connectivity index (χ2v) is 6.24. The molecule has 0 radical (unpaired) electrons. The molecule has 3 aromatic rings. The Morgan fingerprint density at radius 3 is 2.75 bits per heavy atom. The van der Waals surface area contributed by atoms with E-state index in [0.29, 0.717) is 15.7 Å². The summed E-state index contributed by atoms with van der Waals surface area (Å²) in [6.07, 6.45) is 0. The van der Waals surface area contributed by atoms with Gasteiger partial charge in [-0.2, -0.15) is 0 Å². The van der Waals surface area contributed by atoms with Gasteiger partial charge in [0.1, 0.15) is 11.6 Å². The van der Waals surface area contributed by atoms with Crippen LogP contribution in [0.5, 0.6) is 0 Å². The van der Waals surface area contributed by atoms with Crippen molar-refractivity contribution in [3.8, 4) is 0 Å². The molecule has 0 aliphatic carbocycles. The summed E-state index contributed by atoms with van der Waals surface area (Å²) in [4.78, 5) is 4.28. The van der Waals surface area contributed by atoms with Crippen molar-refractivity contribution in [2.24, 2.45) is 0 Å². The summed E-state index contributed by atoms with van der Waals surface area (Å²) < 4.78 is 28.1. The highest BCUT2D eigenvalue weighted by Crippen LogP contribution is 2.34. The summed E-state index contributed by atoms with van der Waals surface area (Å²) in [5, 5.41) is 3.80. The van der Waals surface area contributed by atoms with Crippen LogP contribution in [0.4, 0.5) is 19.6 Å². The lowest BCUT2D eigenvalue weighted by atomic mass is 10.3. The van der Waals surface area contributed by atoms with E-state index in [2.05, 4.69) is 26.2 Å². The zero-order chi connectivity index (χ0) is 14.3. The molecule has 102 valence electrons. The van der Waals surface area contributed by atoms with Crippen LogP contribution in [0.2, 0.25) is 5.02 Å². The average Bonchev–Trinajstić information content (AvgIpc) is 2.80. The molecule has 0 amide bonds. The lowest BCUT2D eigenvalue weighted by Gasteiger charge is -2.05. The topological polar surface area (TPSA) is 24.9 Å². The molecule has 0 atom stereocenters. The van der Waals surface area contributed by atoms with Gasteiger partial charge in [0.15, 0.2) is 5.13 Å². The van der Waals surface area contributed by atoms with Crippen molar-refractivity contribution in [2.75, 3.05) is 5.32 Å². The van der Waals surface area contributed by atoms with Crippen LogP contribution in [0, 0.1) is 11.6 Å². The number of halogens is 4. The van der Waals surface area contributed by atoms with E-state index in [9.17, 15) is 8.78 Å². The van der Waals surface area contributed by atoms with Crippen molar-refractivity contribution < 1.29 is 8.78 Å². The molecule has 0 bridgehead atoms. The predicted molar refractivity (Wildman–Crippen MR) is 82.0 cm³/mol. The van der Waals surface area contributed by atoms with Crippen LogP contribution in [0.15, 0.2) is 34.8 Å². The highest BCUT2D eigenvalue weighted by molar-refractivity contribution is 9.10. The molecule has 1 heterocycles. The third kappa shape index (κ3) is 2.51. The number of anilines is 2. The van der Waals surface area contributed by atoms with E-state index in [1.165, 1.54) is 11.3 Å². The number of benzene rings is 2. The Labute approximate surface area is 130 Å². The third-order valence-electron chi connectivity index (χ3n) is 2.62. The fourth-order valence-corrected chi connectivity index (χ4v) is 3.19. The van der Waals surface area contributed by atoms with Gasteiger partial charge in [-0.1, -0.05) is 29.0 Å². The molecule has 7 heteroatoms. The minimum absolute atomic E-state index is 0.0286. The number of rotatable bonds is 2. The predicted octanol–water partition coefficient (Wildman–Crippen LogP) is 5.73. The molecule has 2 nitrogen and oxygen atoms in total. The first-order chi connectivity index (χ1) is 9.54. The summed E-state index contributed by atoms with van der Waals surface area (Å²) in [6.45, 7) is 0. The summed E-state index contributed by atoms with van der Waals surface area (Å²) in [6, 6.07) is 7.49. The Hall–Kier alpha value is -1.24. The molecule has 0 saturated heterocycles. The molecule has 2 aromatic carbocycles. The largest absolute Gasteiger partial charge is 0.329 e. The molecule has 1 N–H and O–H groups in total. The van der Waals surface area contributed by atoms with Crippen LogP contribution < -0.4 is 5.32 Å². The van der Waals surface area contributed by atoms with E-state index in [1.54, 1.807) is 18.2 Å². The Morgan fingerprint density at radius 1 is 1.20 bits per heavy atom. The minimum Gasteiger partial charge on any atom is -0.329 e. The minimum atomic E-state index is -0.566. The number of hydrogen-bond donors (Lipinski definition) is 1. The molecule has 1 aromatic heterocycles. The number of hydrogen-bond acceptors (Lipinski definition) is 3. The van der Waals surface area contributed by atoms with Crippen LogP contribution in [-0.2, 0) is 0 Å². The quantitative estimate of drug-likeness (QED) is 0.578. The molecule has 20 heavy (non-hydrogen) atoms. The fraction of sp³-hybridized carbons (Fsp3) is 0. The first kappa shape index (κ1) is 13.7. The van der Waals surface area contributed by atoms with Crippen molar-refractivity contribution in [3.63, 3.8) is 0 Å². The standard InChI is InChI=1S/C13H6BrClF2N2S/c14-6-4-9(17)11(5-8(6)16)19-13-18-10-3-1-2-7(15)12(10)20-13/h1-5H,(H,18,19). The number of fused-ring (bicyclic) bond motifs is 1. The second-order valence-electron chi connectivity index (χ2n) is 3.98. The molecule has 0 spiro atoms. The van der Waals surface area contributed by atoms with Gasteiger partial charge < -0.3 is 5.32 Å². The van der Waals surface area contributed by atoms with Gasteiger partial charge in [0.2, 0.25) is 0 Å². The van der Waals surface area contributed by atoms with E-state index in [0.717, 1.165) is 16.8 Å². The normalized spacial score (nSPS) is 11.0. The van der Waals surface area contributed by atoms with E-state index in [1.807, 2.05) is 0 Å². The number of aromatic nitrogens is 1. The summed E-state index contributed by atoms with van der Waals surface area (Å²) in [7, 11) is 0. The number of thiazole rings is 1. The second kappa shape index (κ2) is 5.27. The zero-order valence-corrected chi connectivity index (χ0v) is 12.9. The lowest BCUT2D eigenvalue weighted by Crippen LogP contribution is -1.94. The van der Waals surface area contributed by atoms with E-state index in [-0.39, 0.29) is 10.2 Å². The summed E-state index contributed by atoms with van der Waals surface area (Å²) >= 11 is 10.3. The molecule has 0 aliphatic heterocycles. The van der Waals surface area contributed by atoms with E-state index < -0.39 is 11.6 Å². The van der Waals surface area contributed by atoms with Gasteiger partial charge in [0, 0.05) is 6.07 Å². The van der Waals surface area contributed by atoms with E-state index >= 15 is 0 Å². The van der Waals surface area contributed by atoms with Gasteiger partial charge in [-0.25, -0.2) is 13.8 Å². The Balaban J connectivity index is 2.01. The fourth-order valence-electron chi connectivity index (χ4n) is 1.70. The van der Waals surface area contributed by atoms with Gasteiger partial charge in [-0.05, 0) is 34.1 Å². The van der Waals surface area contributed by atoms with Crippen LogP contribution >= 0.6 is 38.9 Å². The van der Waals surface area contributed by atoms with Crippen LogP contribution in [-0.4, -0.2) is 4.98 Å². The van der Waals surface area contributed by atoms with Gasteiger partial charge in [-0.15, -0.1) is 0 Å². The molecular weight excluding hydrogens is 370 g/mol. The third-order valence-corrected chi connectivity index (χ3v) is 4.67. The lowest BCUT2D eigenvalue weighted by molar-refractivity contribution is 0.598. The first-order valence-corrected chi connectivity index (χ1v) is 7.50. The smallest absolute Gasteiger partial charge is 0.188 e. The highest BCUT2D eigenvalue weighted by Gasteiger charge is 2.11. The molecule has 3 rings (SSSR count). The maximum atomic E-state index is 13.7. The van der Waals surface area contributed by atoms with Crippen LogP contribution in [0.3, 0.4) is 0 Å². The monoisotopic (exact) mass is 374 g/mol. The Kier molecular flexibility index (Phi) is 3.62. The van der Waals surface area contributed by atoms with Crippen molar-refractivity contribution in [2.45, 2.75) is 0 Å². The Bertz CT molecular complexity index is 806. The Morgan fingerprint density at radius 2 is 2.00 bits per heavy atom. The first-order valence-electron chi connectivity index (χ1n) is 5.51. The number of nitrogens with zero attached hydrogens (tertiary/aromatic N) is 1. The average molecular weight is 376 g/mol. The molecule has 0 saturated carbocycles. The van der Waals surface area contributed by atoms with Crippen LogP contribution in [0.1, 0.15) is 0 Å². The van der Waals surface area contributed by atoms with Gasteiger partial charge in [-0.3, -0.25) is 0 Å². The molecule has 0 unspecified atom stereocenters. The molecular formula is C13H6BrClF2N2S. The molecule has 0 aliphatic rings. The maximum Gasteiger partial charge on any atom is 0.188 e. The van der Waals surface area contributed by atoms with Crippen molar-refractivity contribution >= 4 is 59.9 Å². The van der Waals surface area contributed by atoms with Crippen LogP contribution in [0.25, 0.3) is 10.2 Å². The summed E-state index contributed by atoms with van der Waals surface area (Å²) in [5.74, 6) is -1.11. The van der Waals surface area contributed by atoms with Crippen molar-refractivity contribution in [3.05, 3.63) is 51.5 Å². The van der Waals surface area contributed by atoms with Gasteiger partial charge in [0.25, 0.3) is 0 Å². The highest BCUT2D eigenvalue weighted by atomic mass is 79.9. The van der Waals surface area contributed by atoms with E-state index in [4.69, 9.17) is 11.6 Å². The maximum absolute atomic E-state index is 13.7. The molecule has 0 fully saturated rings. The van der Waals surface area contributed by atoms with Gasteiger partial charge >= 0.3 is 0 Å². The number of nitrogens with one attached hydrogen (secondary N) is 1. The van der Waals surface area contributed by atoms with Crippen molar-refractivity contribution in [1.29, 1.82) is 0 Å². The zero-order valence-electron chi connectivity index (χ0n) is 9.75.